The minimum Gasteiger partial charge on any atom is -0.352 e. The molecule has 3 aromatic carbocycles. The van der Waals surface area contributed by atoms with Crippen molar-refractivity contribution in [3.63, 3.8) is 0 Å². The van der Waals surface area contributed by atoms with Crippen LogP contribution in [0.5, 0.6) is 0 Å². The molecule has 4 rings (SSSR count). The fraction of sp³-hybridized carbons (Fsp3) is 0.333. The number of amides is 2. The van der Waals surface area contributed by atoms with Crippen LogP contribution >= 0.6 is 39.1 Å². The second-order valence-corrected chi connectivity index (χ2v) is 11.3. The zero-order valence-electron chi connectivity index (χ0n) is 20.6. The van der Waals surface area contributed by atoms with Crippen LogP contribution in [0, 0.1) is 0 Å². The number of halogens is 3. The monoisotopic (exact) mass is 600 g/mol. The topological polar surface area (TPSA) is 49.4 Å². The summed E-state index contributed by atoms with van der Waals surface area (Å²) in [7, 11) is 0. The van der Waals surface area contributed by atoms with Crippen molar-refractivity contribution in [2.45, 2.75) is 63.6 Å². The Morgan fingerprint density at radius 1 is 0.892 bits per heavy atom. The molecule has 0 spiro atoms. The number of carbonyl (C=O) groups is 2. The van der Waals surface area contributed by atoms with Crippen molar-refractivity contribution in [1.29, 1.82) is 0 Å². The fourth-order valence-corrected chi connectivity index (χ4v) is 5.86. The van der Waals surface area contributed by atoms with E-state index in [4.69, 9.17) is 23.2 Å². The maximum Gasteiger partial charge on any atom is 0.243 e. The lowest BCUT2D eigenvalue weighted by atomic mass is 9.94. The first-order chi connectivity index (χ1) is 17.9. The summed E-state index contributed by atoms with van der Waals surface area (Å²) in [6.07, 6.45) is 5.78. The second kappa shape index (κ2) is 13.5. The van der Waals surface area contributed by atoms with E-state index in [9.17, 15) is 9.59 Å². The van der Waals surface area contributed by atoms with Crippen LogP contribution in [-0.2, 0) is 29.0 Å². The molecule has 0 heterocycles. The summed E-state index contributed by atoms with van der Waals surface area (Å²) >= 11 is 16.4. The molecule has 1 fully saturated rings. The van der Waals surface area contributed by atoms with Gasteiger partial charge in [0.05, 0.1) is 6.42 Å². The SMILES string of the molecule is O=C(NC1CCCCC1)[C@H](Cc1ccccc1)N(Cc1cccc(Br)c1)C(=O)Cc1c(Cl)cccc1Cl. The van der Waals surface area contributed by atoms with Crippen molar-refractivity contribution in [2.75, 3.05) is 0 Å². The van der Waals surface area contributed by atoms with E-state index in [0.717, 1.165) is 41.3 Å². The Kier molecular flexibility index (Phi) is 10.1. The molecule has 0 aliphatic heterocycles. The lowest BCUT2D eigenvalue weighted by molar-refractivity contribution is -0.141. The van der Waals surface area contributed by atoms with Gasteiger partial charge in [0.15, 0.2) is 0 Å². The van der Waals surface area contributed by atoms with Crippen molar-refractivity contribution < 1.29 is 9.59 Å². The highest BCUT2D eigenvalue weighted by Gasteiger charge is 2.32. The zero-order valence-corrected chi connectivity index (χ0v) is 23.7. The highest BCUT2D eigenvalue weighted by molar-refractivity contribution is 9.10. The van der Waals surface area contributed by atoms with Gasteiger partial charge in [-0.3, -0.25) is 9.59 Å². The Morgan fingerprint density at radius 3 is 2.22 bits per heavy atom. The molecule has 0 radical (unpaired) electrons. The van der Waals surface area contributed by atoms with Crippen LogP contribution in [0.2, 0.25) is 10.0 Å². The summed E-state index contributed by atoms with van der Waals surface area (Å²) in [5.74, 6) is -0.320. The molecule has 1 aliphatic carbocycles. The number of hydrogen-bond donors (Lipinski definition) is 1. The van der Waals surface area contributed by atoms with E-state index in [1.165, 1.54) is 6.42 Å². The van der Waals surface area contributed by atoms with Gasteiger partial charge in [0, 0.05) is 33.5 Å². The molecule has 0 bridgehead atoms. The maximum absolute atomic E-state index is 14.0. The fourth-order valence-electron chi connectivity index (χ4n) is 4.88. The van der Waals surface area contributed by atoms with E-state index in [1.807, 2.05) is 54.6 Å². The number of nitrogens with one attached hydrogen (secondary N) is 1. The molecule has 37 heavy (non-hydrogen) atoms. The normalized spacial score (nSPS) is 14.7. The van der Waals surface area contributed by atoms with E-state index in [2.05, 4.69) is 21.2 Å². The summed E-state index contributed by atoms with van der Waals surface area (Å²) in [4.78, 5) is 29.5. The van der Waals surface area contributed by atoms with Gasteiger partial charge in [0.2, 0.25) is 11.8 Å². The molecule has 0 aromatic heterocycles. The Balaban J connectivity index is 1.68. The van der Waals surface area contributed by atoms with Crippen LogP contribution in [0.15, 0.2) is 77.3 Å². The van der Waals surface area contributed by atoms with Crippen molar-refractivity contribution in [1.82, 2.24) is 10.2 Å². The predicted octanol–water partition coefficient (Wildman–Crippen LogP) is 7.39. The molecule has 1 N–H and O–H groups in total. The highest BCUT2D eigenvalue weighted by atomic mass is 79.9. The largest absolute Gasteiger partial charge is 0.352 e. The van der Waals surface area contributed by atoms with Gasteiger partial charge in [-0.15, -0.1) is 0 Å². The van der Waals surface area contributed by atoms with Crippen molar-refractivity contribution >= 4 is 50.9 Å². The molecular formula is C30H31BrCl2N2O2. The van der Waals surface area contributed by atoms with E-state index in [0.29, 0.717) is 22.0 Å². The Morgan fingerprint density at radius 2 is 1.54 bits per heavy atom. The molecular weight excluding hydrogens is 571 g/mol. The second-order valence-electron chi connectivity index (χ2n) is 9.58. The molecule has 194 valence electrons. The lowest BCUT2D eigenvalue weighted by Gasteiger charge is -2.33. The van der Waals surface area contributed by atoms with E-state index in [-0.39, 0.29) is 30.8 Å². The molecule has 0 saturated heterocycles. The third kappa shape index (κ3) is 7.83. The number of nitrogens with zero attached hydrogens (tertiary/aromatic N) is 1. The van der Waals surface area contributed by atoms with Gasteiger partial charge in [-0.2, -0.15) is 0 Å². The number of rotatable bonds is 9. The van der Waals surface area contributed by atoms with Gasteiger partial charge in [-0.1, -0.05) is 107 Å². The smallest absolute Gasteiger partial charge is 0.243 e. The number of benzene rings is 3. The third-order valence-electron chi connectivity index (χ3n) is 6.85. The first kappa shape index (κ1) is 27.7. The molecule has 2 amide bonds. The number of hydrogen-bond acceptors (Lipinski definition) is 2. The van der Waals surface area contributed by atoms with Crippen LogP contribution in [0.3, 0.4) is 0 Å². The molecule has 0 unspecified atom stereocenters. The highest BCUT2D eigenvalue weighted by Crippen LogP contribution is 2.27. The van der Waals surface area contributed by atoms with Gasteiger partial charge in [-0.05, 0) is 53.8 Å². The van der Waals surface area contributed by atoms with E-state index >= 15 is 0 Å². The number of carbonyl (C=O) groups excluding carboxylic acids is 2. The minimum absolute atomic E-state index is 0.00844. The molecule has 1 saturated carbocycles. The van der Waals surface area contributed by atoms with Crippen LogP contribution in [0.25, 0.3) is 0 Å². The first-order valence-corrected chi connectivity index (χ1v) is 14.3. The van der Waals surface area contributed by atoms with Crippen molar-refractivity contribution in [2.24, 2.45) is 0 Å². The average molecular weight is 602 g/mol. The van der Waals surface area contributed by atoms with Crippen molar-refractivity contribution in [3.05, 3.63) is 104 Å². The summed E-state index contributed by atoms with van der Waals surface area (Å²) in [5.41, 5.74) is 2.49. The third-order valence-corrected chi connectivity index (χ3v) is 8.06. The van der Waals surface area contributed by atoms with Gasteiger partial charge in [0.1, 0.15) is 6.04 Å². The minimum atomic E-state index is -0.683. The van der Waals surface area contributed by atoms with Gasteiger partial charge < -0.3 is 10.2 Å². The molecule has 4 nitrogen and oxygen atoms in total. The summed E-state index contributed by atoms with van der Waals surface area (Å²) in [6.45, 7) is 0.288. The van der Waals surface area contributed by atoms with Crippen LogP contribution < -0.4 is 5.32 Å². The Labute approximate surface area is 237 Å². The summed E-state index contributed by atoms with van der Waals surface area (Å²) in [6, 6.07) is 22.3. The van der Waals surface area contributed by atoms with Gasteiger partial charge in [-0.25, -0.2) is 0 Å². The standard InChI is InChI=1S/C30H31BrCl2N2O2/c31-23-12-7-11-22(17-23)20-35(29(36)19-25-26(32)15-8-16-27(25)33)28(18-21-9-3-1-4-10-21)30(37)34-24-13-5-2-6-14-24/h1,3-4,7-12,15-17,24,28H,2,5-6,13-14,18-20H2,(H,34,37)/t28-/m0/s1. The van der Waals surface area contributed by atoms with Crippen LogP contribution in [0.1, 0.15) is 48.8 Å². The average Bonchev–Trinajstić information content (AvgIpc) is 2.89. The molecule has 1 atom stereocenters. The Hall–Kier alpha value is -2.34. The molecule has 1 aliphatic rings. The molecule has 7 heteroatoms. The lowest BCUT2D eigenvalue weighted by Crippen LogP contribution is -2.53. The predicted molar refractivity (Wildman–Crippen MR) is 154 cm³/mol. The zero-order chi connectivity index (χ0) is 26.2. The van der Waals surface area contributed by atoms with Crippen LogP contribution in [-0.4, -0.2) is 28.8 Å². The molecule has 3 aromatic rings. The maximum atomic E-state index is 14.0. The Bertz CT molecular complexity index is 1190. The van der Waals surface area contributed by atoms with Crippen molar-refractivity contribution in [3.8, 4) is 0 Å². The van der Waals surface area contributed by atoms with Crippen LogP contribution in [0.4, 0.5) is 0 Å². The van der Waals surface area contributed by atoms with E-state index in [1.54, 1.807) is 23.1 Å². The summed E-state index contributed by atoms with van der Waals surface area (Å²) < 4.78 is 0.915. The van der Waals surface area contributed by atoms with Gasteiger partial charge >= 0.3 is 0 Å². The van der Waals surface area contributed by atoms with E-state index < -0.39 is 6.04 Å². The first-order valence-electron chi connectivity index (χ1n) is 12.7. The van der Waals surface area contributed by atoms with Gasteiger partial charge in [0.25, 0.3) is 0 Å². The quantitative estimate of drug-likeness (QED) is 0.278. The summed E-state index contributed by atoms with van der Waals surface area (Å²) in [5, 5.41) is 4.14.